The number of nitrogens with zero attached hydrogens (tertiary/aromatic N) is 3. The van der Waals surface area contributed by atoms with Crippen molar-refractivity contribution in [2.45, 2.75) is 0 Å². The number of fused-ring (bicyclic) bond motifs is 3. The van der Waals surface area contributed by atoms with Gasteiger partial charge in [0.15, 0.2) is 4.96 Å². The van der Waals surface area contributed by atoms with Crippen molar-refractivity contribution in [3.63, 3.8) is 0 Å². The number of benzene rings is 2. The van der Waals surface area contributed by atoms with Crippen LogP contribution in [0.25, 0.3) is 28.1 Å². The fraction of sp³-hybridized carbons (Fsp3) is 0.100. The first-order valence-electron chi connectivity index (χ1n) is 7.99. The van der Waals surface area contributed by atoms with Crippen molar-refractivity contribution < 1.29 is 0 Å². The summed E-state index contributed by atoms with van der Waals surface area (Å²) in [6.45, 7) is 0. The van der Waals surface area contributed by atoms with E-state index in [1.807, 2.05) is 56.6 Å². The Morgan fingerprint density at radius 1 is 1.08 bits per heavy atom. The van der Waals surface area contributed by atoms with E-state index in [2.05, 4.69) is 34.1 Å². The van der Waals surface area contributed by atoms with Crippen molar-refractivity contribution in [3.8, 4) is 0 Å². The Labute approximate surface area is 149 Å². The van der Waals surface area contributed by atoms with Crippen LogP contribution in [-0.2, 0) is 0 Å². The van der Waals surface area contributed by atoms with Crippen LogP contribution in [0.4, 0.5) is 5.69 Å². The highest BCUT2D eigenvalue weighted by molar-refractivity contribution is 7.15. The zero-order valence-corrected chi connectivity index (χ0v) is 14.8. The van der Waals surface area contributed by atoms with Gasteiger partial charge in [-0.05, 0) is 35.9 Å². The van der Waals surface area contributed by atoms with E-state index in [0.717, 1.165) is 27.2 Å². The zero-order chi connectivity index (χ0) is 17.4. The molecule has 0 atom stereocenters. The van der Waals surface area contributed by atoms with E-state index in [0.29, 0.717) is 4.53 Å². The van der Waals surface area contributed by atoms with Gasteiger partial charge in [-0.15, -0.1) is 0 Å². The van der Waals surface area contributed by atoms with Gasteiger partial charge in [0.1, 0.15) is 0 Å². The number of aromatic nitrogens is 2. The summed E-state index contributed by atoms with van der Waals surface area (Å²) in [7, 11) is 4.04. The molecule has 0 spiro atoms. The molecule has 2 aromatic heterocycles. The lowest BCUT2D eigenvalue weighted by Crippen LogP contribution is -2.22. The van der Waals surface area contributed by atoms with Crippen molar-refractivity contribution in [1.29, 1.82) is 0 Å². The molecular formula is C20H17N3OS. The number of anilines is 1. The van der Waals surface area contributed by atoms with Crippen molar-refractivity contribution in [2.24, 2.45) is 0 Å². The summed E-state index contributed by atoms with van der Waals surface area (Å²) in [5, 5.41) is 0. The number of rotatable bonds is 3. The molecule has 4 rings (SSSR count). The first-order chi connectivity index (χ1) is 12.1. The highest BCUT2D eigenvalue weighted by atomic mass is 32.1. The summed E-state index contributed by atoms with van der Waals surface area (Å²) < 4.78 is 2.38. The molecule has 4 nitrogen and oxygen atoms in total. The van der Waals surface area contributed by atoms with Gasteiger partial charge < -0.3 is 4.90 Å². The predicted molar refractivity (Wildman–Crippen MR) is 106 cm³/mol. The number of hydrogen-bond donors (Lipinski definition) is 0. The van der Waals surface area contributed by atoms with Crippen LogP contribution in [0, 0.1) is 0 Å². The van der Waals surface area contributed by atoms with Crippen molar-refractivity contribution >= 4 is 45.2 Å². The first-order valence-corrected chi connectivity index (χ1v) is 8.81. The van der Waals surface area contributed by atoms with Gasteiger partial charge in [0, 0.05) is 19.8 Å². The Balaban J connectivity index is 1.69. The van der Waals surface area contributed by atoms with E-state index in [9.17, 15) is 4.79 Å². The maximum absolute atomic E-state index is 12.6. The minimum Gasteiger partial charge on any atom is -0.378 e. The second-order valence-corrected chi connectivity index (χ2v) is 7.01. The topological polar surface area (TPSA) is 37.6 Å². The fourth-order valence-corrected chi connectivity index (χ4v) is 3.69. The van der Waals surface area contributed by atoms with Crippen LogP contribution < -0.4 is 15.0 Å². The highest BCUT2D eigenvalue weighted by Gasteiger charge is 2.09. The molecule has 0 aliphatic heterocycles. The minimum absolute atomic E-state index is 0.0127. The quantitative estimate of drug-likeness (QED) is 0.571. The second-order valence-electron chi connectivity index (χ2n) is 6.00. The molecule has 5 heteroatoms. The third kappa shape index (κ3) is 2.83. The van der Waals surface area contributed by atoms with Crippen molar-refractivity contribution in [1.82, 2.24) is 9.38 Å². The van der Waals surface area contributed by atoms with E-state index in [4.69, 9.17) is 0 Å². The van der Waals surface area contributed by atoms with Crippen LogP contribution in [0.2, 0.25) is 0 Å². The zero-order valence-electron chi connectivity index (χ0n) is 14.0. The molecule has 0 aliphatic carbocycles. The molecule has 0 aliphatic rings. The molecule has 0 N–H and O–H groups in total. The van der Waals surface area contributed by atoms with E-state index in [1.165, 1.54) is 11.3 Å². The lowest BCUT2D eigenvalue weighted by Gasteiger charge is -2.11. The summed E-state index contributed by atoms with van der Waals surface area (Å²) in [6.07, 6.45) is 5.77. The smallest absolute Gasteiger partial charge is 0.274 e. The molecule has 2 heterocycles. The van der Waals surface area contributed by atoms with Crippen LogP contribution in [0.1, 0.15) is 5.56 Å². The third-order valence-corrected chi connectivity index (χ3v) is 5.08. The van der Waals surface area contributed by atoms with E-state index < -0.39 is 0 Å². The van der Waals surface area contributed by atoms with E-state index >= 15 is 0 Å². The van der Waals surface area contributed by atoms with E-state index in [1.54, 1.807) is 4.40 Å². The van der Waals surface area contributed by atoms with Crippen LogP contribution in [-0.4, -0.2) is 23.5 Å². The average Bonchev–Trinajstić information content (AvgIpc) is 3.12. The molecule has 4 aromatic rings. The molecule has 0 saturated heterocycles. The Morgan fingerprint density at radius 3 is 2.60 bits per heavy atom. The number of thiazole rings is 1. The minimum atomic E-state index is -0.0127. The third-order valence-electron chi connectivity index (χ3n) is 4.09. The summed E-state index contributed by atoms with van der Waals surface area (Å²) in [5.74, 6) is 0. The molecule has 25 heavy (non-hydrogen) atoms. The van der Waals surface area contributed by atoms with Gasteiger partial charge in [0.2, 0.25) is 0 Å². The number of para-hydroxylation sites is 2. The van der Waals surface area contributed by atoms with Crippen LogP contribution in [0.3, 0.4) is 0 Å². The van der Waals surface area contributed by atoms with Gasteiger partial charge in [-0.1, -0.05) is 47.8 Å². The Hall–Kier alpha value is -2.92. The molecule has 0 saturated carbocycles. The second kappa shape index (κ2) is 6.18. The summed E-state index contributed by atoms with van der Waals surface area (Å²) in [4.78, 5) is 20.0. The Kier molecular flexibility index (Phi) is 3.86. The van der Waals surface area contributed by atoms with Gasteiger partial charge in [0.25, 0.3) is 5.56 Å². The molecular weight excluding hydrogens is 330 g/mol. The summed E-state index contributed by atoms with van der Waals surface area (Å²) in [5.41, 5.74) is 3.97. The SMILES string of the molecule is CN(C)c1ccc(/C=C/C=c2/sc3nc4ccccc4n3c2=O)cc1. The van der Waals surface area contributed by atoms with Crippen molar-refractivity contribution in [3.05, 3.63) is 75.1 Å². The van der Waals surface area contributed by atoms with Gasteiger partial charge in [-0.2, -0.15) is 0 Å². The fourth-order valence-electron chi connectivity index (χ4n) is 2.76. The van der Waals surface area contributed by atoms with Gasteiger partial charge in [0.05, 0.1) is 15.6 Å². The largest absolute Gasteiger partial charge is 0.378 e. The first kappa shape index (κ1) is 15.6. The van der Waals surface area contributed by atoms with Crippen LogP contribution >= 0.6 is 11.3 Å². The van der Waals surface area contributed by atoms with Crippen LogP contribution in [0.5, 0.6) is 0 Å². The molecule has 0 amide bonds. The highest BCUT2D eigenvalue weighted by Crippen LogP contribution is 2.16. The standard InChI is InChI=1S/C20H17N3OS/c1-22(2)15-12-10-14(11-13-15)6-5-9-18-19(24)23-17-8-4-3-7-16(17)21-20(23)25-18/h3-13H,1-2H3/b6-5+,18-9+. The molecule has 0 fully saturated rings. The van der Waals surface area contributed by atoms with Gasteiger partial charge in [-0.25, -0.2) is 9.38 Å². The van der Waals surface area contributed by atoms with Gasteiger partial charge >= 0.3 is 0 Å². The van der Waals surface area contributed by atoms with Crippen molar-refractivity contribution in [2.75, 3.05) is 19.0 Å². The summed E-state index contributed by atoms with van der Waals surface area (Å²) in [6, 6.07) is 16.0. The maximum Gasteiger partial charge on any atom is 0.274 e. The number of allylic oxidation sites excluding steroid dienone is 1. The average molecular weight is 347 g/mol. The molecule has 0 radical (unpaired) electrons. The molecule has 124 valence electrons. The lowest BCUT2D eigenvalue weighted by atomic mass is 10.2. The lowest BCUT2D eigenvalue weighted by molar-refractivity contribution is 1.13. The summed E-state index contributed by atoms with van der Waals surface area (Å²) >= 11 is 1.42. The Bertz CT molecular complexity index is 1180. The molecule has 0 unspecified atom stereocenters. The Morgan fingerprint density at radius 2 is 1.84 bits per heavy atom. The monoisotopic (exact) mass is 347 g/mol. The predicted octanol–water partition coefficient (Wildman–Crippen LogP) is 3.19. The number of hydrogen-bond acceptors (Lipinski definition) is 4. The van der Waals surface area contributed by atoms with Crippen LogP contribution in [0.15, 0.2) is 59.4 Å². The maximum atomic E-state index is 12.6. The molecule has 2 aromatic carbocycles. The molecule has 0 bridgehead atoms. The van der Waals surface area contributed by atoms with Gasteiger partial charge in [-0.3, -0.25) is 4.79 Å². The van der Waals surface area contributed by atoms with E-state index in [-0.39, 0.29) is 5.56 Å². The number of imidazole rings is 1. The normalized spacial score (nSPS) is 12.6.